The molecule has 0 unspecified atom stereocenters. The summed E-state index contributed by atoms with van der Waals surface area (Å²) in [5.74, 6) is 0. The maximum absolute atomic E-state index is 3.64. The zero-order chi connectivity index (χ0) is 14.1. The molecule has 3 aromatic rings. The van der Waals surface area contributed by atoms with Crippen molar-refractivity contribution in [2.75, 3.05) is 5.32 Å². The lowest BCUT2D eigenvalue weighted by Crippen LogP contribution is -2.01. The highest BCUT2D eigenvalue weighted by molar-refractivity contribution is 9.10. The van der Waals surface area contributed by atoms with Crippen molar-refractivity contribution in [1.82, 2.24) is 4.98 Å². The quantitative estimate of drug-likeness (QED) is 0.682. The van der Waals surface area contributed by atoms with Crippen molar-refractivity contribution >= 4 is 32.5 Å². The predicted octanol–water partition coefficient (Wildman–Crippen LogP) is 5.16. The number of para-hydroxylation sites is 1. The summed E-state index contributed by atoms with van der Waals surface area (Å²) in [6.07, 6.45) is 2.08. The summed E-state index contributed by atoms with van der Waals surface area (Å²) in [7, 11) is 0. The molecule has 0 aliphatic rings. The SMILES string of the molecule is Cc1cc(C)c(NCc2c[nH]c3ccccc23)c(Br)c1. The summed E-state index contributed by atoms with van der Waals surface area (Å²) < 4.78 is 1.12. The van der Waals surface area contributed by atoms with Crippen molar-refractivity contribution in [2.24, 2.45) is 0 Å². The first-order valence-corrected chi connectivity index (χ1v) is 7.50. The molecule has 0 radical (unpaired) electrons. The molecule has 1 heterocycles. The highest BCUT2D eigenvalue weighted by Crippen LogP contribution is 2.29. The van der Waals surface area contributed by atoms with Crippen LogP contribution in [0.2, 0.25) is 0 Å². The number of hydrogen-bond acceptors (Lipinski definition) is 1. The lowest BCUT2D eigenvalue weighted by molar-refractivity contribution is 1.14. The van der Waals surface area contributed by atoms with Gasteiger partial charge in [0.25, 0.3) is 0 Å². The number of benzene rings is 2. The van der Waals surface area contributed by atoms with Gasteiger partial charge in [0.2, 0.25) is 0 Å². The second-order valence-electron chi connectivity index (χ2n) is 5.15. The first kappa shape index (κ1) is 13.3. The molecule has 0 fully saturated rings. The van der Waals surface area contributed by atoms with Crippen LogP contribution < -0.4 is 5.32 Å². The van der Waals surface area contributed by atoms with Gasteiger partial charge in [0.15, 0.2) is 0 Å². The number of rotatable bonds is 3. The van der Waals surface area contributed by atoms with Crippen LogP contribution in [0, 0.1) is 13.8 Å². The number of aryl methyl sites for hydroxylation is 2. The molecule has 1 aromatic heterocycles. The van der Waals surface area contributed by atoms with E-state index in [0.717, 1.165) is 11.0 Å². The van der Waals surface area contributed by atoms with E-state index in [-0.39, 0.29) is 0 Å². The second kappa shape index (κ2) is 5.33. The molecule has 102 valence electrons. The molecule has 0 atom stereocenters. The van der Waals surface area contributed by atoms with Crippen molar-refractivity contribution in [3.63, 3.8) is 0 Å². The third-order valence-electron chi connectivity index (χ3n) is 3.56. The van der Waals surface area contributed by atoms with Gasteiger partial charge in [-0.05, 0) is 58.6 Å². The van der Waals surface area contributed by atoms with Crippen LogP contribution in [-0.2, 0) is 6.54 Å². The second-order valence-corrected chi connectivity index (χ2v) is 6.01. The highest BCUT2D eigenvalue weighted by atomic mass is 79.9. The molecule has 0 bridgehead atoms. The molecule has 2 N–H and O–H groups in total. The Balaban J connectivity index is 1.87. The van der Waals surface area contributed by atoms with E-state index in [1.807, 2.05) is 0 Å². The van der Waals surface area contributed by atoms with Crippen LogP contribution in [0.15, 0.2) is 47.1 Å². The molecule has 0 amide bonds. The Labute approximate surface area is 127 Å². The largest absolute Gasteiger partial charge is 0.380 e. The van der Waals surface area contributed by atoms with Crippen LogP contribution in [0.3, 0.4) is 0 Å². The predicted molar refractivity (Wildman–Crippen MR) is 89.2 cm³/mol. The van der Waals surface area contributed by atoms with Crippen LogP contribution in [0.4, 0.5) is 5.69 Å². The van der Waals surface area contributed by atoms with Crippen LogP contribution in [0.25, 0.3) is 10.9 Å². The van der Waals surface area contributed by atoms with E-state index in [0.29, 0.717) is 0 Å². The van der Waals surface area contributed by atoms with E-state index in [1.165, 1.54) is 33.3 Å². The summed E-state index contributed by atoms with van der Waals surface area (Å²) >= 11 is 3.64. The van der Waals surface area contributed by atoms with E-state index in [4.69, 9.17) is 0 Å². The Bertz CT molecular complexity index is 736. The zero-order valence-electron chi connectivity index (χ0n) is 11.6. The lowest BCUT2D eigenvalue weighted by Gasteiger charge is -2.12. The van der Waals surface area contributed by atoms with Crippen molar-refractivity contribution in [2.45, 2.75) is 20.4 Å². The molecule has 3 rings (SSSR count). The fraction of sp³-hybridized carbons (Fsp3) is 0.176. The molecule has 2 aromatic carbocycles. The molecular weight excluding hydrogens is 312 g/mol. The van der Waals surface area contributed by atoms with Crippen molar-refractivity contribution in [3.8, 4) is 0 Å². The van der Waals surface area contributed by atoms with E-state index in [9.17, 15) is 0 Å². The Hall–Kier alpha value is -1.74. The maximum Gasteiger partial charge on any atom is 0.0517 e. The average molecular weight is 329 g/mol. The number of fused-ring (bicyclic) bond motifs is 1. The van der Waals surface area contributed by atoms with Gasteiger partial charge in [-0.2, -0.15) is 0 Å². The number of aromatic nitrogens is 1. The normalized spacial score (nSPS) is 10.9. The van der Waals surface area contributed by atoms with Gasteiger partial charge in [-0.15, -0.1) is 0 Å². The van der Waals surface area contributed by atoms with E-state index >= 15 is 0 Å². The Morgan fingerprint density at radius 1 is 1.15 bits per heavy atom. The molecule has 0 saturated heterocycles. The number of nitrogens with one attached hydrogen (secondary N) is 2. The highest BCUT2D eigenvalue weighted by Gasteiger charge is 2.07. The maximum atomic E-state index is 3.64. The lowest BCUT2D eigenvalue weighted by atomic mass is 10.1. The van der Waals surface area contributed by atoms with Gasteiger partial charge in [0, 0.05) is 28.1 Å². The summed E-state index contributed by atoms with van der Waals surface area (Å²) in [5.41, 5.74) is 6.17. The van der Waals surface area contributed by atoms with Gasteiger partial charge in [-0.1, -0.05) is 24.3 Å². The Morgan fingerprint density at radius 3 is 2.75 bits per heavy atom. The minimum absolute atomic E-state index is 0.812. The fourth-order valence-electron chi connectivity index (χ4n) is 2.60. The van der Waals surface area contributed by atoms with Gasteiger partial charge in [0.05, 0.1) is 5.69 Å². The molecule has 2 nitrogen and oxygen atoms in total. The molecular formula is C17H17BrN2. The summed E-state index contributed by atoms with van der Waals surface area (Å²) in [6, 6.07) is 12.7. The van der Waals surface area contributed by atoms with Crippen LogP contribution in [0.5, 0.6) is 0 Å². The number of H-pyrrole nitrogens is 1. The van der Waals surface area contributed by atoms with Gasteiger partial charge >= 0.3 is 0 Å². The summed E-state index contributed by atoms with van der Waals surface area (Å²) in [5, 5.41) is 4.81. The molecule has 20 heavy (non-hydrogen) atoms. The molecule has 0 aliphatic carbocycles. The van der Waals surface area contributed by atoms with Crippen LogP contribution >= 0.6 is 15.9 Å². The first-order valence-electron chi connectivity index (χ1n) is 6.71. The van der Waals surface area contributed by atoms with Gasteiger partial charge in [-0.3, -0.25) is 0 Å². The number of anilines is 1. The fourth-order valence-corrected chi connectivity index (χ4v) is 3.42. The van der Waals surface area contributed by atoms with Crippen LogP contribution in [0.1, 0.15) is 16.7 Å². The molecule has 0 aliphatic heterocycles. The standard InChI is InChI=1S/C17H17BrN2/c1-11-7-12(2)17(15(18)8-11)20-10-13-9-19-16-6-4-3-5-14(13)16/h3-9,19-20H,10H2,1-2H3. The summed E-state index contributed by atoms with van der Waals surface area (Å²) in [4.78, 5) is 3.31. The van der Waals surface area contributed by atoms with E-state index < -0.39 is 0 Å². The number of aromatic amines is 1. The molecule has 0 spiro atoms. The Morgan fingerprint density at radius 2 is 1.95 bits per heavy atom. The minimum Gasteiger partial charge on any atom is -0.380 e. The number of halogens is 1. The van der Waals surface area contributed by atoms with Gasteiger partial charge in [-0.25, -0.2) is 0 Å². The monoisotopic (exact) mass is 328 g/mol. The molecule has 0 saturated carbocycles. The number of hydrogen-bond donors (Lipinski definition) is 2. The summed E-state index contributed by atoms with van der Waals surface area (Å²) in [6.45, 7) is 5.06. The smallest absolute Gasteiger partial charge is 0.0517 e. The Kier molecular flexibility index (Phi) is 3.53. The molecule has 3 heteroatoms. The minimum atomic E-state index is 0.812. The van der Waals surface area contributed by atoms with E-state index in [1.54, 1.807) is 0 Å². The van der Waals surface area contributed by atoms with E-state index in [2.05, 4.69) is 82.7 Å². The van der Waals surface area contributed by atoms with Crippen molar-refractivity contribution in [1.29, 1.82) is 0 Å². The third kappa shape index (κ3) is 2.46. The topological polar surface area (TPSA) is 27.8 Å². The third-order valence-corrected chi connectivity index (χ3v) is 4.19. The van der Waals surface area contributed by atoms with Crippen LogP contribution in [-0.4, -0.2) is 4.98 Å². The first-order chi connectivity index (χ1) is 9.65. The van der Waals surface area contributed by atoms with Gasteiger partial charge < -0.3 is 10.3 Å². The van der Waals surface area contributed by atoms with Crippen molar-refractivity contribution < 1.29 is 0 Å². The average Bonchev–Trinajstić information content (AvgIpc) is 2.81. The van der Waals surface area contributed by atoms with Gasteiger partial charge in [0.1, 0.15) is 0 Å². The zero-order valence-corrected chi connectivity index (χ0v) is 13.2. The van der Waals surface area contributed by atoms with Crippen molar-refractivity contribution in [3.05, 3.63) is 63.8 Å².